The Labute approximate surface area is 105 Å². The van der Waals surface area contributed by atoms with Gasteiger partial charge >= 0.3 is 0 Å². The van der Waals surface area contributed by atoms with E-state index in [-0.39, 0.29) is 0 Å². The van der Waals surface area contributed by atoms with Crippen LogP contribution in [-0.2, 0) is 6.42 Å². The molecule has 2 nitrogen and oxygen atoms in total. The maximum atomic E-state index is 6.26. The third kappa shape index (κ3) is 3.55. The number of nitrogens with two attached hydrogens (primary N) is 1. The summed E-state index contributed by atoms with van der Waals surface area (Å²) in [5, 5.41) is 0. The molecular formula is C15H24N2. The highest BCUT2D eigenvalue weighted by Crippen LogP contribution is 2.20. The first-order chi connectivity index (χ1) is 8.29. The van der Waals surface area contributed by atoms with Gasteiger partial charge in [-0.05, 0) is 43.8 Å². The number of hydrogen-bond donors (Lipinski definition) is 1. The van der Waals surface area contributed by atoms with Gasteiger partial charge in [0.05, 0.1) is 0 Å². The number of likely N-dealkylation sites (tertiary alicyclic amines) is 1. The highest BCUT2D eigenvalue weighted by atomic mass is 15.1. The topological polar surface area (TPSA) is 29.3 Å². The molecule has 0 spiro atoms. The maximum absolute atomic E-state index is 6.26. The lowest BCUT2D eigenvalue weighted by Gasteiger charge is -2.37. The quantitative estimate of drug-likeness (QED) is 0.863. The van der Waals surface area contributed by atoms with Crippen LogP contribution in [0.1, 0.15) is 25.3 Å². The van der Waals surface area contributed by atoms with Crippen molar-refractivity contribution in [2.45, 2.75) is 32.2 Å². The first-order valence-electron chi connectivity index (χ1n) is 6.81. The molecule has 1 fully saturated rings. The van der Waals surface area contributed by atoms with E-state index in [4.69, 9.17) is 5.73 Å². The summed E-state index contributed by atoms with van der Waals surface area (Å²) in [4.78, 5) is 2.57. The van der Waals surface area contributed by atoms with Crippen molar-refractivity contribution in [3.8, 4) is 0 Å². The molecule has 1 saturated heterocycles. The highest BCUT2D eigenvalue weighted by molar-refractivity contribution is 5.16. The van der Waals surface area contributed by atoms with Gasteiger partial charge in [0, 0.05) is 12.6 Å². The van der Waals surface area contributed by atoms with Crippen LogP contribution in [0.15, 0.2) is 30.3 Å². The van der Waals surface area contributed by atoms with Gasteiger partial charge in [0.1, 0.15) is 0 Å². The number of nitrogens with zero attached hydrogens (tertiary/aromatic N) is 1. The Morgan fingerprint density at radius 2 is 2.06 bits per heavy atom. The van der Waals surface area contributed by atoms with Crippen LogP contribution in [0, 0.1) is 5.92 Å². The molecule has 2 atom stereocenters. The predicted molar refractivity (Wildman–Crippen MR) is 73.0 cm³/mol. The lowest BCUT2D eigenvalue weighted by atomic mass is 9.87. The van der Waals surface area contributed by atoms with Gasteiger partial charge in [0.25, 0.3) is 0 Å². The van der Waals surface area contributed by atoms with Crippen molar-refractivity contribution in [3.63, 3.8) is 0 Å². The molecule has 0 aliphatic carbocycles. The molecule has 2 heteroatoms. The Morgan fingerprint density at radius 1 is 1.29 bits per heavy atom. The molecule has 1 heterocycles. The minimum atomic E-state index is 0.378. The lowest BCUT2D eigenvalue weighted by molar-refractivity contribution is 0.155. The summed E-state index contributed by atoms with van der Waals surface area (Å²) < 4.78 is 0. The molecule has 1 aliphatic heterocycles. The Morgan fingerprint density at radius 3 is 2.76 bits per heavy atom. The molecule has 1 aromatic carbocycles. The van der Waals surface area contributed by atoms with Crippen molar-refractivity contribution in [2.24, 2.45) is 11.7 Å². The fourth-order valence-corrected chi connectivity index (χ4v) is 2.78. The van der Waals surface area contributed by atoms with E-state index in [1.54, 1.807) is 0 Å². The van der Waals surface area contributed by atoms with Crippen molar-refractivity contribution in [3.05, 3.63) is 35.9 Å². The average molecular weight is 232 g/mol. The second kappa shape index (κ2) is 6.18. The third-order valence-corrected chi connectivity index (χ3v) is 3.76. The van der Waals surface area contributed by atoms with Crippen LogP contribution in [0.2, 0.25) is 0 Å². The summed E-state index contributed by atoms with van der Waals surface area (Å²) in [6, 6.07) is 11.1. The largest absolute Gasteiger partial charge is 0.327 e. The molecule has 0 aromatic heterocycles. The molecule has 0 saturated carbocycles. The molecule has 0 amide bonds. The summed E-state index contributed by atoms with van der Waals surface area (Å²) in [5.74, 6) is 0.623. The van der Waals surface area contributed by atoms with Gasteiger partial charge in [-0.2, -0.15) is 0 Å². The van der Waals surface area contributed by atoms with Crippen molar-refractivity contribution in [2.75, 3.05) is 19.6 Å². The van der Waals surface area contributed by atoms with Gasteiger partial charge < -0.3 is 10.6 Å². The summed E-state index contributed by atoms with van der Waals surface area (Å²) in [5.41, 5.74) is 7.68. The second-order valence-corrected chi connectivity index (χ2v) is 5.20. The van der Waals surface area contributed by atoms with Gasteiger partial charge in [0.15, 0.2) is 0 Å². The number of hydrogen-bond acceptors (Lipinski definition) is 2. The van der Waals surface area contributed by atoms with E-state index < -0.39 is 0 Å². The van der Waals surface area contributed by atoms with Crippen LogP contribution in [-0.4, -0.2) is 30.6 Å². The number of benzene rings is 1. The van der Waals surface area contributed by atoms with Crippen LogP contribution >= 0.6 is 0 Å². The monoisotopic (exact) mass is 232 g/mol. The fraction of sp³-hybridized carbons (Fsp3) is 0.600. The Hall–Kier alpha value is -0.860. The minimum Gasteiger partial charge on any atom is -0.327 e. The van der Waals surface area contributed by atoms with Crippen molar-refractivity contribution < 1.29 is 0 Å². The van der Waals surface area contributed by atoms with Crippen LogP contribution < -0.4 is 5.73 Å². The van der Waals surface area contributed by atoms with Gasteiger partial charge in [-0.15, -0.1) is 0 Å². The highest BCUT2D eigenvalue weighted by Gasteiger charge is 2.26. The summed E-state index contributed by atoms with van der Waals surface area (Å²) >= 11 is 0. The second-order valence-electron chi connectivity index (χ2n) is 5.20. The Balaban J connectivity index is 1.94. The van der Waals surface area contributed by atoms with Gasteiger partial charge in [-0.25, -0.2) is 0 Å². The predicted octanol–water partition coefficient (Wildman–Crippen LogP) is 2.29. The SMILES string of the molecule is CCCN1CC[C@@H](N)[C@@H](Cc2ccccc2)C1. The van der Waals surface area contributed by atoms with Crippen LogP contribution in [0.3, 0.4) is 0 Å². The fourth-order valence-electron chi connectivity index (χ4n) is 2.78. The normalized spacial score (nSPS) is 26.0. The maximum Gasteiger partial charge on any atom is 0.00947 e. The lowest BCUT2D eigenvalue weighted by Crippen LogP contribution is -2.48. The zero-order valence-corrected chi connectivity index (χ0v) is 10.8. The van der Waals surface area contributed by atoms with Crippen molar-refractivity contribution >= 4 is 0 Å². The molecule has 0 bridgehead atoms. The first kappa shape index (κ1) is 12.6. The first-order valence-corrected chi connectivity index (χ1v) is 6.81. The van der Waals surface area contributed by atoms with Crippen LogP contribution in [0.25, 0.3) is 0 Å². The van der Waals surface area contributed by atoms with E-state index in [9.17, 15) is 0 Å². The minimum absolute atomic E-state index is 0.378. The van der Waals surface area contributed by atoms with E-state index in [2.05, 4.69) is 42.2 Å². The van der Waals surface area contributed by atoms with Crippen molar-refractivity contribution in [1.82, 2.24) is 4.90 Å². The van der Waals surface area contributed by atoms with Gasteiger partial charge in [-0.3, -0.25) is 0 Å². The molecule has 94 valence electrons. The van der Waals surface area contributed by atoms with E-state index >= 15 is 0 Å². The van der Waals surface area contributed by atoms with E-state index in [1.165, 1.54) is 31.6 Å². The summed E-state index contributed by atoms with van der Waals surface area (Å²) in [7, 11) is 0. The zero-order chi connectivity index (χ0) is 12.1. The molecule has 0 radical (unpaired) electrons. The molecule has 0 unspecified atom stereocenters. The number of piperidine rings is 1. The van der Waals surface area contributed by atoms with E-state index in [0.29, 0.717) is 12.0 Å². The van der Waals surface area contributed by atoms with E-state index in [0.717, 1.165) is 12.8 Å². The molecule has 2 N–H and O–H groups in total. The summed E-state index contributed by atoms with van der Waals surface area (Å²) in [6.07, 6.45) is 3.52. The van der Waals surface area contributed by atoms with Gasteiger partial charge in [-0.1, -0.05) is 37.3 Å². The van der Waals surface area contributed by atoms with Crippen LogP contribution in [0.4, 0.5) is 0 Å². The zero-order valence-electron chi connectivity index (χ0n) is 10.8. The van der Waals surface area contributed by atoms with Crippen LogP contribution in [0.5, 0.6) is 0 Å². The van der Waals surface area contributed by atoms with E-state index in [1.807, 2.05) is 0 Å². The smallest absolute Gasteiger partial charge is 0.00947 e. The molecule has 17 heavy (non-hydrogen) atoms. The molecule has 1 aliphatic rings. The molecule has 1 aromatic rings. The van der Waals surface area contributed by atoms with Gasteiger partial charge in [0.2, 0.25) is 0 Å². The molecular weight excluding hydrogens is 208 g/mol. The number of rotatable bonds is 4. The standard InChI is InChI=1S/C15H24N2/c1-2-9-17-10-8-15(16)14(12-17)11-13-6-4-3-5-7-13/h3-7,14-15H,2,8-12,16H2,1H3/t14-,15+/m0/s1. The Bertz CT molecular complexity index is 323. The molecule has 2 rings (SSSR count). The average Bonchev–Trinajstić information content (AvgIpc) is 2.35. The van der Waals surface area contributed by atoms with Crippen molar-refractivity contribution in [1.29, 1.82) is 0 Å². The summed E-state index contributed by atoms with van der Waals surface area (Å²) in [6.45, 7) is 5.82. The third-order valence-electron chi connectivity index (χ3n) is 3.76. The Kier molecular flexibility index (Phi) is 4.57.